The summed E-state index contributed by atoms with van der Waals surface area (Å²) in [4.78, 5) is 0. The molecule has 10 unspecified atom stereocenters. The van der Waals surface area contributed by atoms with E-state index in [1.807, 2.05) is 0 Å². The van der Waals surface area contributed by atoms with Gasteiger partial charge in [0.1, 0.15) is 61.0 Å². The van der Waals surface area contributed by atoms with Gasteiger partial charge in [0.2, 0.25) is 0 Å². The van der Waals surface area contributed by atoms with Crippen LogP contribution in [0.1, 0.15) is 92.4 Å². The Labute approximate surface area is 352 Å². The molecule has 16 nitrogen and oxygen atoms in total. The van der Waals surface area contributed by atoms with E-state index in [0.29, 0.717) is 48.3 Å². The van der Waals surface area contributed by atoms with Crippen LogP contribution in [0, 0.1) is 46.3 Å². The molecule has 342 valence electrons. The Kier molecular flexibility index (Phi) is 12.2. The molecule has 8 fully saturated rings. The molecule has 25 atom stereocenters. The molecule has 60 heavy (non-hydrogen) atoms. The van der Waals surface area contributed by atoms with Crippen LogP contribution >= 0.6 is 0 Å². The Morgan fingerprint density at radius 1 is 0.700 bits per heavy atom. The fourth-order valence-electron chi connectivity index (χ4n) is 13.8. The van der Waals surface area contributed by atoms with E-state index in [1.54, 1.807) is 0 Å². The van der Waals surface area contributed by atoms with Gasteiger partial charge in [0.25, 0.3) is 0 Å². The number of aliphatic hydroxyl groups is 8. The minimum atomic E-state index is -1.72. The van der Waals surface area contributed by atoms with E-state index >= 15 is 0 Å². The lowest BCUT2D eigenvalue weighted by molar-refractivity contribution is -0.376. The lowest BCUT2D eigenvalue weighted by Crippen LogP contribution is -2.65. The average molecular weight is 855 g/mol. The van der Waals surface area contributed by atoms with Crippen molar-refractivity contribution in [2.45, 2.75) is 196 Å². The van der Waals surface area contributed by atoms with Crippen molar-refractivity contribution in [3.05, 3.63) is 11.6 Å². The molecule has 9 rings (SSSR count). The van der Waals surface area contributed by atoms with Gasteiger partial charge in [0, 0.05) is 12.3 Å². The highest BCUT2D eigenvalue weighted by atomic mass is 16.8. The Morgan fingerprint density at radius 2 is 1.38 bits per heavy atom. The molecular formula is C44H70O16. The molecule has 0 bridgehead atoms. The van der Waals surface area contributed by atoms with Crippen LogP contribution in [-0.2, 0) is 37.9 Å². The molecule has 0 radical (unpaired) electrons. The summed E-state index contributed by atoms with van der Waals surface area (Å²) in [5.74, 6) is 2.69. The third-order valence-corrected chi connectivity index (χ3v) is 17.3. The van der Waals surface area contributed by atoms with Gasteiger partial charge in [-0.3, -0.25) is 0 Å². The van der Waals surface area contributed by atoms with Gasteiger partial charge in [-0.1, -0.05) is 39.3 Å². The number of hydrogen-bond donors (Lipinski definition) is 8. The molecule has 0 amide bonds. The van der Waals surface area contributed by atoms with Crippen molar-refractivity contribution >= 4 is 0 Å². The summed E-state index contributed by atoms with van der Waals surface area (Å²) in [6.45, 7) is 10.6. The molecule has 4 aliphatic carbocycles. The van der Waals surface area contributed by atoms with Crippen LogP contribution in [0.2, 0.25) is 0 Å². The van der Waals surface area contributed by atoms with Crippen LogP contribution in [0.25, 0.3) is 0 Å². The zero-order chi connectivity index (χ0) is 42.6. The van der Waals surface area contributed by atoms with Gasteiger partial charge in [-0.15, -0.1) is 0 Å². The molecule has 0 aromatic rings. The second-order valence-electron chi connectivity index (χ2n) is 20.6. The highest BCUT2D eigenvalue weighted by Crippen LogP contribution is 2.70. The van der Waals surface area contributed by atoms with Crippen LogP contribution in [0.5, 0.6) is 0 Å². The Morgan fingerprint density at radius 3 is 2.08 bits per heavy atom. The zero-order valence-corrected chi connectivity index (χ0v) is 35.6. The maximum absolute atomic E-state index is 11.9. The maximum Gasteiger partial charge on any atom is 0.187 e. The Bertz CT molecular complexity index is 1560. The molecule has 0 aromatic heterocycles. The van der Waals surface area contributed by atoms with E-state index < -0.39 is 105 Å². The zero-order valence-electron chi connectivity index (χ0n) is 35.6. The summed E-state index contributed by atoms with van der Waals surface area (Å²) >= 11 is 0. The molecule has 8 N–H and O–H groups in total. The summed E-state index contributed by atoms with van der Waals surface area (Å²) < 4.78 is 49.7. The van der Waals surface area contributed by atoms with Crippen LogP contribution < -0.4 is 0 Å². The quantitative estimate of drug-likeness (QED) is 0.158. The molecule has 3 saturated carbocycles. The largest absolute Gasteiger partial charge is 0.394 e. The van der Waals surface area contributed by atoms with Gasteiger partial charge < -0.3 is 78.7 Å². The fourth-order valence-corrected chi connectivity index (χ4v) is 13.8. The van der Waals surface area contributed by atoms with Crippen molar-refractivity contribution in [2.75, 3.05) is 19.8 Å². The van der Waals surface area contributed by atoms with Crippen molar-refractivity contribution in [1.29, 1.82) is 0 Å². The molecule has 5 saturated heterocycles. The van der Waals surface area contributed by atoms with E-state index in [9.17, 15) is 40.9 Å². The number of aliphatic hydroxyl groups excluding tert-OH is 8. The Balaban J connectivity index is 0.900. The number of fused-ring (bicyclic) bond motifs is 7. The van der Waals surface area contributed by atoms with Gasteiger partial charge in [-0.25, -0.2) is 0 Å². The van der Waals surface area contributed by atoms with Crippen molar-refractivity contribution in [3.63, 3.8) is 0 Å². The highest BCUT2D eigenvalue weighted by Gasteiger charge is 2.69. The minimum Gasteiger partial charge on any atom is -0.394 e. The summed E-state index contributed by atoms with van der Waals surface area (Å²) in [5.41, 5.74) is 1.56. The molecule has 5 heterocycles. The topological polar surface area (TPSA) is 236 Å². The fraction of sp³-hybridized carbons (Fsp3) is 0.955. The first-order valence-corrected chi connectivity index (χ1v) is 22.8. The summed E-state index contributed by atoms with van der Waals surface area (Å²) in [7, 11) is 0. The second kappa shape index (κ2) is 16.5. The molecule has 9 aliphatic rings. The Hall–Kier alpha value is -0.900. The molecule has 1 spiro atoms. The van der Waals surface area contributed by atoms with E-state index in [2.05, 4.69) is 33.8 Å². The SMILES string of the molecule is CC1CCC2(OC1)OC1CC3C4CC=C5C[C@@H](O[C@@H]6O[C@H](CO)[C@@H](O[C@@H]7O[C@@H](C)[C@@H](O)[C@@H](O)[C@H]7O)[C@H](O[C@@H]7O[C@@H](CO)[C@H](O)[C@H]7O)[C@H]6O)CCC5(C)C4CCC3(C)C1C2C. The minimum absolute atomic E-state index is 0.00147. The molecule has 5 aliphatic heterocycles. The summed E-state index contributed by atoms with van der Waals surface area (Å²) in [5, 5.41) is 85.0. The van der Waals surface area contributed by atoms with Crippen LogP contribution in [0.15, 0.2) is 11.6 Å². The first-order chi connectivity index (χ1) is 28.5. The van der Waals surface area contributed by atoms with Gasteiger partial charge in [0.15, 0.2) is 24.7 Å². The van der Waals surface area contributed by atoms with E-state index in [-0.39, 0.29) is 23.0 Å². The van der Waals surface area contributed by atoms with Crippen LogP contribution in [0.3, 0.4) is 0 Å². The van der Waals surface area contributed by atoms with Crippen LogP contribution in [0.4, 0.5) is 0 Å². The standard InChI is InChI=1S/C44H70O16/c1-19-8-13-44(53-18-19)20(2)30-27(60-44)15-26-24-7-6-22-14-23(9-11-42(22,4)25(24)10-12-43(26,30)5)55-41-36(52)38(59-40-34(50)32(48)28(16-45)56-40)37(29(17-46)57-41)58-39-35(51)33(49)31(47)21(3)54-39/h6,19-21,23-41,45-52H,7-18H2,1-5H3/t19?,20?,21-,23-,24?,25?,26?,27?,28-,29+,30?,31+,32-,33+,34+,35+,36+,37+,38+,39-,40-,41+,42?,43?,44?/m0/s1. The maximum atomic E-state index is 11.9. The normalized spacial score (nSPS) is 57.7. The van der Waals surface area contributed by atoms with Crippen molar-refractivity contribution in [1.82, 2.24) is 0 Å². The highest BCUT2D eigenvalue weighted by molar-refractivity contribution is 5.26. The molecular weight excluding hydrogens is 784 g/mol. The van der Waals surface area contributed by atoms with Gasteiger partial charge in [0.05, 0.1) is 38.1 Å². The lowest BCUT2D eigenvalue weighted by atomic mass is 9.47. The first-order valence-electron chi connectivity index (χ1n) is 22.8. The van der Waals surface area contributed by atoms with Gasteiger partial charge in [-0.2, -0.15) is 0 Å². The van der Waals surface area contributed by atoms with Gasteiger partial charge in [-0.05, 0) is 98.7 Å². The third-order valence-electron chi connectivity index (χ3n) is 17.3. The van der Waals surface area contributed by atoms with E-state index in [4.69, 9.17) is 37.9 Å². The van der Waals surface area contributed by atoms with Crippen molar-refractivity contribution in [3.8, 4) is 0 Å². The number of ether oxygens (including phenoxy) is 8. The summed E-state index contributed by atoms with van der Waals surface area (Å²) in [6, 6.07) is 0. The van der Waals surface area contributed by atoms with Gasteiger partial charge >= 0.3 is 0 Å². The predicted octanol–water partition coefficient (Wildman–Crippen LogP) is 0.853. The predicted molar refractivity (Wildman–Crippen MR) is 208 cm³/mol. The monoisotopic (exact) mass is 854 g/mol. The third kappa shape index (κ3) is 7.10. The number of allylic oxidation sites excluding steroid dienone is 1. The van der Waals surface area contributed by atoms with E-state index in [1.165, 1.54) is 18.9 Å². The molecule has 16 heteroatoms. The van der Waals surface area contributed by atoms with Crippen molar-refractivity contribution in [2.24, 2.45) is 46.3 Å². The lowest BCUT2D eigenvalue weighted by Gasteiger charge is -2.58. The summed E-state index contributed by atoms with van der Waals surface area (Å²) in [6.07, 6.45) is -8.88. The number of hydrogen-bond acceptors (Lipinski definition) is 16. The van der Waals surface area contributed by atoms with Crippen molar-refractivity contribution < 1.29 is 78.7 Å². The molecule has 0 aromatic carbocycles. The average Bonchev–Trinajstić information content (AvgIpc) is 3.79. The number of rotatable bonds is 8. The first kappa shape index (κ1) is 44.3. The smallest absolute Gasteiger partial charge is 0.187 e. The van der Waals surface area contributed by atoms with Crippen LogP contribution in [-0.4, -0.2) is 165 Å². The van der Waals surface area contributed by atoms with E-state index in [0.717, 1.165) is 45.1 Å². The second-order valence-corrected chi connectivity index (χ2v) is 20.6.